The quantitative estimate of drug-likeness (QED) is 0.205. The summed E-state index contributed by atoms with van der Waals surface area (Å²) in [5.74, 6) is 0. The van der Waals surface area contributed by atoms with Crippen molar-refractivity contribution in [3.63, 3.8) is 0 Å². The van der Waals surface area contributed by atoms with Crippen LogP contribution >= 0.6 is 0 Å². The van der Waals surface area contributed by atoms with E-state index >= 15 is 0 Å². The Kier molecular flexibility index (Phi) is 7.24. The van der Waals surface area contributed by atoms with Gasteiger partial charge in [-0.15, -0.1) is 59.7 Å². The molecule has 0 spiro atoms. The number of hydrogen-bond donors (Lipinski definition) is 0. The van der Waals surface area contributed by atoms with Crippen molar-refractivity contribution in [3.8, 4) is 0 Å². The molecule has 2 aliphatic heterocycles. The molecule has 4 aromatic rings. The van der Waals surface area contributed by atoms with E-state index in [-0.39, 0.29) is 51.0 Å². The van der Waals surface area contributed by atoms with Crippen molar-refractivity contribution in [2.45, 2.75) is 0 Å². The molecule has 2 aliphatic carbocycles. The van der Waals surface area contributed by atoms with Crippen molar-refractivity contribution in [2.75, 3.05) is 0 Å². The molecule has 4 aliphatic rings. The average Bonchev–Trinajstić information content (AvgIpc) is 3.56. The maximum atomic E-state index is 4.62. The molecule has 0 bridgehead atoms. The number of hydrogen-bond acceptors (Lipinski definition) is 2. The first-order valence-corrected chi connectivity index (χ1v) is 10.7. The van der Waals surface area contributed by atoms with Gasteiger partial charge in [-0.05, 0) is 34.0 Å². The average molecular weight is 567 g/mol. The SMILES string of the molecule is [Cl-].[Cl-].[Zr+4].[c-]1cccc2c1C1=c3ccccc3=CC1=N2.[c-]1cccc2c1C1=c3ccccc3=CC1=N2. The zero-order valence-electron chi connectivity index (χ0n) is 18.4. The molecule has 0 fully saturated rings. The standard InChI is InChI=1S/2C15H8N.2ClH.Zr/c2*1-2-6-11-10(5-1)9-14-15(11)12-7-3-4-8-13(12)16-14;;;/h2*1-6,8-9H;2*1H;/q2*-1;;;+4/p-2. The maximum Gasteiger partial charge on any atom is 4.00 e. The molecular weight excluding hydrogens is 550 g/mol. The Hall–Kier alpha value is -2.84. The van der Waals surface area contributed by atoms with E-state index < -0.39 is 0 Å². The van der Waals surface area contributed by atoms with E-state index in [1.54, 1.807) is 0 Å². The predicted molar refractivity (Wildman–Crippen MR) is 130 cm³/mol. The van der Waals surface area contributed by atoms with Crippen LogP contribution in [0.4, 0.5) is 11.4 Å². The molecule has 0 radical (unpaired) electrons. The van der Waals surface area contributed by atoms with E-state index in [1.165, 1.54) is 32.0 Å². The molecule has 8 rings (SSSR count). The number of aliphatic imine (C=N–C) groups is 2. The van der Waals surface area contributed by atoms with Crippen LogP contribution in [0.5, 0.6) is 0 Å². The Morgan fingerprint density at radius 1 is 0.514 bits per heavy atom. The fraction of sp³-hybridized carbons (Fsp3) is 0. The van der Waals surface area contributed by atoms with Gasteiger partial charge in [-0.3, -0.25) is 0 Å². The van der Waals surface area contributed by atoms with Crippen LogP contribution in [0, 0.1) is 12.1 Å². The van der Waals surface area contributed by atoms with Gasteiger partial charge < -0.3 is 34.8 Å². The first kappa shape index (κ1) is 25.3. The van der Waals surface area contributed by atoms with Gasteiger partial charge in [-0.2, -0.15) is 0 Å². The van der Waals surface area contributed by atoms with Gasteiger partial charge in [0.1, 0.15) is 0 Å². The Labute approximate surface area is 234 Å². The third-order valence-corrected chi connectivity index (χ3v) is 6.21. The summed E-state index contributed by atoms with van der Waals surface area (Å²) in [5.41, 5.74) is 9.00. The number of fused-ring (bicyclic) bond motifs is 8. The van der Waals surface area contributed by atoms with E-state index in [0.717, 1.165) is 33.9 Å². The molecule has 0 unspecified atom stereocenters. The van der Waals surface area contributed by atoms with Crippen molar-refractivity contribution >= 4 is 46.1 Å². The van der Waals surface area contributed by atoms with Crippen LogP contribution in [0.15, 0.2) is 94.9 Å². The summed E-state index contributed by atoms with van der Waals surface area (Å²) in [6.45, 7) is 0. The molecule has 0 aromatic heterocycles. The number of halogens is 2. The molecule has 4 aromatic carbocycles. The first-order valence-electron chi connectivity index (χ1n) is 10.7. The molecule has 2 nitrogen and oxygen atoms in total. The molecule has 0 N–H and O–H groups in total. The van der Waals surface area contributed by atoms with Crippen LogP contribution in [-0.2, 0) is 26.2 Å². The van der Waals surface area contributed by atoms with Gasteiger partial charge >= 0.3 is 26.2 Å². The van der Waals surface area contributed by atoms with Crippen LogP contribution in [-0.4, -0.2) is 11.4 Å². The van der Waals surface area contributed by atoms with E-state index in [4.69, 9.17) is 0 Å². The zero-order valence-corrected chi connectivity index (χ0v) is 22.4. The number of benzene rings is 4. The summed E-state index contributed by atoms with van der Waals surface area (Å²) in [6.07, 6.45) is 4.30. The molecule has 5 heteroatoms. The monoisotopic (exact) mass is 564 g/mol. The van der Waals surface area contributed by atoms with Crippen LogP contribution in [0.3, 0.4) is 0 Å². The minimum absolute atomic E-state index is 0. The van der Waals surface area contributed by atoms with Gasteiger partial charge in [-0.25, -0.2) is 0 Å². The van der Waals surface area contributed by atoms with Crippen molar-refractivity contribution in [1.29, 1.82) is 0 Å². The van der Waals surface area contributed by atoms with Crippen molar-refractivity contribution in [1.82, 2.24) is 0 Å². The van der Waals surface area contributed by atoms with E-state index in [9.17, 15) is 0 Å². The number of nitrogens with zero attached hydrogens (tertiary/aromatic N) is 2. The van der Waals surface area contributed by atoms with Crippen LogP contribution in [0.25, 0.3) is 23.3 Å². The van der Waals surface area contributed by atoms with Crippen molar-refractivity contribution in [3.05, 3.63) is 129 Å². The van der Waals surface area contributed by atoms with E-state index in [0.29, 0.717) is 0 Å². The van der Waals surface area contributed by atoms with Crippen LogP contribution in [0.2, 0.25) is 0 Å². The van der Waals surface area contributed by atoms with Gasteiger partial charge in [0, 0.05) is 11.4 Å². The second-order valence-electron chi connectivity index (χ2n) is 8.07. The van der Waals surface area contributed by atoms with Gasteiger partial charge in [0.2, 0.25) is 0 Å². The Bertz CT molecular complexity index is 1650. The zero-order chi connectivity index (χ0) is 21.1. The third kappa shape index (κ3) is 4.02. The molecule has 35 heavy (non-hydrogen) atoms. The van der Waals surface area contributed by atoms with E-state index in [2.05, 4.69) is 82.8 Å². The van der Waals surface area contributed by atoms with Crippen LogP contribution < -0.4 is 45.7 Å². The van der Waals surface area contributed by atoms with Gasteiger partial charge in [0.05, 0.1) is 0 Å². The fourth-order valence-corrected chi connectivity index (χ4v) is 4.82. The smallest absolute Gasteiger partial charge is 1.00 e. The molecule has 164 valence electrons. The summed E-state index contributed by atoms with van der Waals surface area (Å²) in [4.78, 5) is 9.24. The Morgan fingerprint density at radius 2 is 0.943 bits per heavy atom. The fourth-order valence-electron chi connectivity index (χ4n) is 4.82. The molecule has 0 amide bonds. The van der Waals surface area contributed by atoms with Crippen molar-refractivity contribution < 1.29 is 51.0 Å². The van der Waals surface area contributed by atoms with Gasteiger partial charge in [0.15, 0.2) is 0 Å². The molecular formula is C30H16Cl2N2Zr. The second kappa shape index (κ2) is 10.0. The van der Waals surface area contributed by atoms with Gasteiger partial charge in [-0.1, -0.05) is 70.1 Å². The molecule has 0 atom stereocenters. The summed E-state index contributed by atoms with van der Waals surface area (Å²) in [5, 5.41) is 5.09. The minimum atomic E-state index is 0. The largest absolute Gasteiger partial charge is 4.00 e. The minimum Gasteiger partial charge on any atom is -1.00 e. The summed E-state index contributed by atoms with van der Waals surface area (Å²) >= 11 is 0. The normalized spacial score (nSPS) is 13.7. The topological polar surface area (TPSA) is 24.7 Å². The molecule has 2 heterocycles. The summed E-state index contributed by atoms with van der Waals surface area (Å²) in [6, 6.07) is 35.4. The summed E-state index contributed by atoms with van der Waals surface area (Å²) < 4.78 is 0. The number of rotatable bonds is 0. The Morgan fingerprint density at radius 3 is 1.40 bits per heavy atom. The van der Waals surface area contributed by atoms with Crippen LogP contribution in [0.1, 0.15) is 11.1 Å². The Balaban J connectivity index is 0.000000152. The third-order valence-electron chi connectivity index (χ3n) is 6.21. The summed E-state index contributed by atoms with van der Waals surface area (Å²) in [7, 11) is 0. The second-order valence-corrected chi connectivity index (χ2v) is 8.07. The maximum absolute atomic E-state index is 4.62. The first-order chi connectivity index (χ1) is 15.9. The van der Waals surface area contributed by atoms with E-state index in [1.807, 2.05) is 36.4 Å². The molecule has 0 saturated carbocycles. The predicted octanol–water partition coefficient (Wildman–Crippen LogP) is -2.86. The molecule has 0 saturated heterocycles. The van der Waals surface area contributed by atoms with Gasteiger partial charge in [0.25, 0.3) is 0 Å². The van der Waals surface area contributed by atoms with Crippen molar-refractivity contribution in [2.24, 2.45) is 9.98 Å².